The van der Waals surface area contributed by atoms with Crippen LogP contribution in [0, 0.1) is 5.92 Å². The number of thioether (sulfide) groups is 1. The minimum Gasteiger partial charge on any atom is -0.456 e. The van der Waals surface area contributed by atoms with Gasteiger partial charge in [0.2, 0.25) is 0 Å². The highest BCUT2D eigenvalue weighted by molar-refractivity contribution is 7.99. The molecule has 186 valence electrons. The molecule has 0 amide bonds. The number of carbonyl (C=O) groups excluding carboxylic acids is 1. The zero-order valence-corrected chi connectivity index (χ0v) is 22.7. The smallest absolute Gasteiger partial charge is 0.340 e. The van der Waals surface area contributed by atoms with E-state index in [9.17, 15) is 13.2 Å². The van der Waals surface area contributed by atoms with Crippen LogP contribution in [0.2, 0.25) is 0 Å². The van der Waals surface area contributed by atoms with Crippen LogP contribution in [0.5, 0.6) is 0 Å². The van der Waals surface area contributed by atoms with E-state index in [2.05, 4.69) is 5.32 Å². The van der Waals surface area contributed by atoms with Gasteiger partial charge in [-0.1, -0.05) is 54.8 Å². The first-order valence-corrected chi connectivity index (χ1v) is 15.1. The van der Waals surface area contributed by atoms with E-state index in [1.807, 2.05) is 56.8 Å². The Morgan fingerprint density at radius 3 is 2.44 bits per heavy atom. The molecule has 8 heteroatoms. The molecule has 1 aromatic carbocycles. The average molecular weight is 524 g/mol. The molecule has 0 saturated heterocycles. The molecule has 1 saturated carbocycles. The first kappa shape index (κ1) is 26.9. The largest absolute Gasteiger partial charge is 0.456 e. The van der Waals surface area contributed by atoms with Crippen molar-refractivity contribution in [2.24, 2.45) is 5.92 Å². The van der Waals surface area contributed by atoms with Crippen molar-refractivity contribution >= 4 is 39.2 Å². The number of rotatable bonds is 7. The number of carbonyl (C=O) groups is 1. The molecule has 0 bridgehead atoms. The molecule has 1 aliphatic heterocycles. The van der Waals surface area contributed by atoms with E-state index in [1.165, 1.54) is 6.26 Å². The van der Waals surface area contributed by atoms with Crippen molar-refractivity contribution in [1.82, 2.24) is 5.32 Å². The molecule has 3 rings (SSSR count). The quantitative estimate of drug-likeness (QED) is 0.356. The topological polar surface area (TPSA) is 72.5 Å². The molecule has 34 heavy (non-hydrogen) atoms. The second kappa shape index (κ2) is 11.4. The average Bonchev–Trinajstić information content (AvgIpc) is 2.92. The SMILES string of the molecule is CC(C)(C)OC(=O)C1=C(C2CCCCC2SCc2ccc(CS(C)(=O)=O)cc2)NC(Cl)=CC=C1. The molecule has 0 aromatic heterocycles. The molecular formula is C26H34ClNO4S2. The van der Waals surface area contributed by atoms with Crippen LogP contribution in [0.4, 0.5) is 0 Å². The van der Waals surface area contributed by atoms with Crippen LogP contribution in [-0.2, 0) is 30.9 Å². The van der Waals surface area contributed by atoms with Crippen LogP contribution in [-0.4, -0.2) is 31.5 Å². The fourth-order valence-corrected chi connectivity index (χ4v) is 6.63. The Hall–Kier alpha value is -1.70. The summed E-state index contributed by atoms with van der Waals surface area (Å²) in [4.78, 5) is 13.1. The summed E-state index contributed by atoms with van der Waals surface area (Å²) in [6, 6.07) is 7.78. The molecule has 5 nitrogen and oxygen atoms in total. The fourth-order valence-electron chi connectivity index (χ4n) is 4.22. The molecule has 2 unspecified atom stereocenters. The third kappa shape index (κ3) is 8.21. The number of allylic oxidation sites excluding steroid dienone is 3. The number of hydrogen-bond acceptors (Lipinski definition) is 6. The van der Waals surface area contributed by atoms with Crippen LogP contribution in [0.25, 0.3) is 0 Å². The Balaban J connectivity index is 1.79. The Bertz CT molecular complexity index is 1080. The van der Waals surface area contributed by atoms with Crippen molar-refractivity contribution < 1.29 is 17.9 Å². The van der Waals surface area contributed by atoms with Gasteiger partial charge in [0, 0.05) is 28.9 Å². The van der Waals surface area contributed by atoms with Crippen LogP contribution < -0.4 is 5.32 Å². The van der Waals surface area contributed by atoms with E-state index in [0.29, 0.717) is 16.0 Å². The van der Waals surface area contributed by atoms with Gasteiger partial charge in [-0.15, -0.1) is 0 Å². The maximum absolute atomic E-state index is 13.1. The van der Waals surface area contributed by atoms with Crippen LogP contribution >= 0.6 is 23.4 Å². The number of esters is 1. The molecule has 1 fully saturated rings. The number of nitrogens with one attached hydrogen (secondary N) is 1. The molecule has 1 aromatic rings. The number of halogens is 1. The molecule has 2 aliphatic rings. The van der Waals surface area contributed by atoms with Crippen LogP contribution in [0.3, 0.4) is 0 Å². The normalized spacial score (nSPS) is 21.5. The summed E-state index contributed by atoms with van der Waals surface area (Å²) < 4.78 is 28.8. The van der Waals surface area contributed by atoms with Gasteiger partial charge in [0.25, 0.3) is 0 Å². The van der Waals surface area contributed by atoms with E-state index in [-0.39, 0.29) is 17.6 Å². The first-order chi connectivity index (χ1) is 15.9. The van der Waals surface area contributed by atoms with Gasteiger partial charge in [-0.05, 0) is 56.9 Å². The molecule has 1 heterocycles. The maximum atomic E-state index is 13.1. The van der Waals surface area contributed by atoms with Crippen molar-refractivity contribution in [3.05, 3.63) is 70.0 Å². The third-order valence-electron chi connectivity index (χ3n) is 5.66. The molecule has 1 N–H and O–H groups in total. The highest BCUT2D eigenvalue weighted by Gasteiger charge is 2.33. The number of sulfone groups is 1. The Kier molecular flexibility index (Phi) is 8.98. The zero-order chi connectivity index (χ0) is 24.9. The van der Waals surface area contributed by atoms with Crippen molar-refractivity contribution in [2.45, 2.75) is 68.8 Å². The summed E-state index contributed by atoms with van der Waals surface area (Å²) in [5, 5.41) is 4.10. The highest BCUT2D eigenvalue weighted by atomic mass is 35.5. The molecule has 2 atom stereocenters. The highest BCUT2D eigenvalue weighted by Crippen LogP contribution is 2.40. The van der Waals surface area contributed by atoms with Gasteiger partial charge in [0.1, 0.15) is 10.8 Å². The van der Waals surface area contributed by atoms with Gasteiger partial charge in [-0.25, -0.2) is 13.2 Å². The Labute approximate surface area is 213 Å². The van der Waals surface area contributed by atoms with E-state index < -0.39 is 15.4 Å². The molecular weight excluding hydrogens is 490 g/mol. The lowest BCUT2D eigenvalue weighted by molar-refractivity contribution is -0.149. The molecule has 1 aliphatic carbocycles. The lowest BCUT2D eigenvalue weighted by Crippen LogP contribution is -2.33. The summed E-state index contributed by atoms with van der Waals surface area (Å²) in [5.41, 5.74) is 2.74. The van der Waals surface area contributed by atoms with E-state index in [1.54, 1.807) is 18.2 Å². The van der Waals surface area contributed by atoms with Gasteiger partial charge in [0.15, 0.2) is 9.84 Å². The lowest BCUT2D eigenvalue weighted by atomic mass is 9.84. The monoisotopic (exact) mass is 523 g/mol. The predicted molar refractivity (Wildman–Crippen MR) is 141 cm³/mol. The van der Waals surface area contributed by atoms with Crippen molar-refractivity contribution in [1.29, 1.82) is 0 Å². The van der Waals surface area contributed by atoms with Gasteiger partial charge >= 0.3 is 5.97 Å². The van der Waals surface area contributed by atoms with E-state index >= 15 is 0 Å². The van der Waals surface area contributed by atoms with Gasteiger partial charge in [-0.2, -0.15) is 11.8 Å². The van der Waals surface area contributed by atoms with Gasteiger partial charge in [-0.3, -0.25) is 0 Å². The summed E-state index contributed by atoms with van der Waals surface area (Å²) in [6.07, 6.45) is 10.8. The maximum Gasteiger partial charge on any atom is 0.340 e. The van der Waals surface area contributed by atoms with Crippen LogP contribution in [0.1, 0.15) is 57.6 Å². The third-order valence-corrected chi connectivity index (χ3v) is 8.23. The summed E-state index contributed by atoms with van der Waals surface area (Å²) in [6.45, 7) is 5.60. The van der Waals surface area contributed by atoms with E-state index in [0.717, 1.165) is 48.3 Å². The molecule has 0 radical (unpaired) electrons. The minimum atomic E-state index is -3.05. The fraction of sp³-hybridized carbons (Fsp3) is 0.500. The predicted octanol–water partition coefficient (Wildman–Crippen LogP) is 5.86. The first-order valence-electron chi connectivity index (χ1n) is 11.6. The number of hydrogen-bond donors (Lipinski definition) is 1. The van der Waals surface area contributed by atoms with Crippen molar-refractivity contribution in [3.8, 4) is 0 Å². The summed E-state index contributed by atoms with van der Waals surface area (Å²) in [7, 11) is -3.05. The van der Waals surface area contributed by atoms with E-state index in [4.69, 9.17) is 16.3 Å². The standard InChI is InChI=1S/C26H34ClNO4S2/c1-26(2,3)32-25(29)21-9-7-11-23(27)28-24(21)20-8-5-6-10-22(20)33-16-18-12-14-19(15-13-18)17-34(4,30)31/h7,9,11-15,20,22,28H,5-6,8,10,16-17H2,1-4H3. The van der Waals surface area contributed by atoms with Gasteiger partial charge in [0.05, 0.1) is 11.3 Å². The van der Waals surface area contributed by atoms with Crippen molar-refractivity contribution in [3.63, 3.8) is 0 Å². The number of ether oxygens (including phenoxy) is 1. The lowest BCUT2D eigenvalue weighted by Gasteiger charge is -2.34. The van der Waals surface area contributed by atoms with Gasteiger partial charge < -0.3 is 10.1 Å². The Morgan fingerprint density at radius 1 is 1.15 bits per heavy atom. The minimum absolute atomic E-state index is 0.0557. The summed E-state index contributed by atoms with van der Waals surface area (Å²) in [5.74, 6) is 0.673. The van der Waals surface area contributed by atoms with Crippen LogP contribution in [0.15, 0.2) is 58.9 Å². The second-order valence-electron chi connectivity index (χ2n) is 9.95. The molecule has 0 spiro atoms. The van der Waals surface area contributed by atoms with Crippen molar-refractivity contribution in [2.75, 3.05) is 6.26 Å². The number of benzene rings is 1. The second-order valence-corrected chi connectivity index (χ2v) is 13.7. The zero-order valence-electron chi connectivity index (χ0n) is 20.3. The Morgan fingerprint density at radius 2 is 1.79 bits per heavy atom. The summed E-state index contributed by atoms with van der Waals surface area (Å²) >= 11 is 8.26.